The van der Waals surface area contributed by atoms with Crippen molar-refractivity contribution < 1.29 is 33.2 Å². The number of pyridine rings is 1. The number of hydrogen-bond donors (Lipinski definition) is 5. The van der Waals surface area contributed by atoms with Gasteiger partial charge in [0.1, 0.15) is 33.9 Å². The molecule has 6 N–H and O–H groups in total. The van der Waals surface area contributed by atoms with Gasteiger partial charge < -0.3 is 31.1 Å². The molecule has 2 aromatic rings. The van der Waals surface area contributed by atoms with Gasteiger partial charge in [-0.15, -0.1) is 11.3 Å². The Morgan fingerprint density at radius 2 is 2.12 bits per heavy atom. The van der Waals surface area contributed by atoms with Crippen LogP contribution in [-0.2, 0) is 10.9 Å². The molecule has 0 saturated carbocycles. The number of nitrogens with one attached hydrogen (secondary N) is 1. The van der Waals surface area contributed by atoms with Crippen LogP contribution in [0.25, 0.3) is 5.70 Å². The highest BCUT2D eigenvalue weighted by Crippen LogP contribution is 2.38. The second-order valence-corrected chi connectivity index (χ2v) is 9.86. The van der Waals surface area contributed by atoms with E-state index in [9.17, 15) is 28.5 Å². The summed E-state index contributed by atoms with van der Waals surface area (Å²) in [5, 5.41) is 35.9. The third kappa shape index (κ3) is 5.86. The van der Waals surface area contributed by atoms with Crippen LogP contribution in [0.3, 0.4) is 0 Å². The SMILES string of the molecule is N/C(=C\NC1C(O)C(CO)OC(Sc2cnc(C(F)(F)F)c(Br)c2)C1O)c1nc(Cl)cs1. The first-order valence-corrected chi connectivity index (χ1v) is 11.8. The Labute approximate surface area is 201 Å². The standard InChI is InChI=1S/C17H17BrClF3N4O4S2/c18-7-1-6(2-25-14(7)17(20,21)22)32-16-13(29)11(12(28)9(4-27)30-16)24-3-8(23)15-26-10(19)5-31-15/h1-3,5,9,11-13,16,24,27-29H,4,23H2/b8-3-. The Morgan fingerprint density at radius 3 is 2.69 bits per heavy atom. The minimum Gasteiger partial charge on any atom is -0.395 e. The number of nitrogens with zero attached hydrogens (tertiary/aromatic N) is 2. The van der Waals surface area contributed by atoms with Crippen LogP contribution in [0.4, 0.5) is 13.2 Å². The molecular formula is C17H17BrClF3N4O4S2. The van der Waals surface area contributed by atoms with Crippen molar-refractivity contribution in [1.29, 1.82) is 0 Å². The van der Waals surface area contributed by atoms with Crippen molar-refractivity contribution in [2.75, 3.05) is 6.61 Å². The monoisotopic (exact) mass is 576 g/mol. The van der Waals surface area contributed by atoms with Gasteiger partial charge in [-0.3, -0.25) is 0 Å². The summed E-state index contributed by atoms with van der Waals surface area (Å²) in [4.78, 5) is 7.71. The highest BCUT2D eigenvalue weighted by Gasteiger charge is 2.44. The molecule has 8 nitrogen and oxygen atoms in total. The lowest BCUT2D eigenvalue weighted by Crippen LogP contribution is -2.62. The predicted molar refractivity (Wildman–Crippen MR) is 117 cm³/mol. The fourth-order valence-electron chi connectivity index (χ4n) is 2.84. The maximum atomic E-state index is 12.9. The van der Waals surface area contributed by atoms with Crippen LogP contribution >= 0.6 is 50.6 Å². The van der Waals surface area contributed by atoms with Crippen molar-refractivity contribution in [2.24, 2.45) is 5.73 Å². The number of rotatable bonds is 6. The second-order valence-electron chi connectivity index (χ2n) is 6.59. The van der Waals surface area contributed by atoms with Crippen molar-refractivity contribution >= 4 is 56.3 Å². The van der Waals surface area contributed by atoms with Gasteiger partial charge >= 0.3 is 6.18 Å². The van der Waals surface area contributed by atoms with Gasteiger partial charge in [0.05, 0.1) is 18.3 Å². The van der Waals surface area contributed by atoms with Crippen LogP contribution in [-0.4, -0.2) is 61.7 Å². The zero-order chi connectivity index (χ0) is 23.6. The zero-order valence-electron chi connectivity index (χ0n) is 15.8. The highest BCUT2D eigenvalue weighted by atomic mass is 79.9. The van der Waals surface area contributed by atoms with Crippen LogP contribution in [0.5, 0.6) is 0 Å². The number of aromatic nitrogens is 2. The molecule has 32 heavy (non-hydrogen) atoms. The molecule has 176 valence electrons. The molecule has 0 bridgehead atoms. The van der Waals surface area contributed by atoms with Gasteiger partial charge in [-0.05, 0) is 22.0 Å². The molecule has 3 rings (SSSR count). The van der Waals surface area contributed by atoms with Gasteiger partial charge in [-0.25, -0.2) is 9.97 Å². The Hall–Kier alpha value is -1.13. The summed E-state index contributed by atoms with van der Waals surface area (Å²) < 4.78 is 44.0. The maximum absolute atomic E-state index is 12.9. The molecule has 15 heteroatoms. The lowest BCUT2D eigenvalue weighted by Gasteiger charge is -2.42. The average Bonchev–Trinajstić information content (AvgIpc) is 3.15. The fraction of sp³-hybridized carbons (Fsp3) is 0.412. The van der Waals surface area contributed by atoms with Gasteiger partial charge in [-0.1, -0.05) is 23.4 Å². The number of aliphatic hydroxyl groups is 3. The third-order valence-corrected chi connectivity index (χ3v) is 7.31. The largest absolute Gasteiger partial charge is 0.434 e. The fourth-order valence-corrected chi connectivity index (χ4v) is 5.52. The number of hydrogen-bond acceptors (Lipinski definition) is 10. The van der Waals surface area contributed by atoms with Crippen molar-refractivity contribution in [1.82, 2.24) is 15.3 Å². The number of alkyl halides is 3. The topological polar surface area (TPSA) is 134 Å². The van der Waals surface area contributed by atoms with E-state index in [0.717, 1.165) is 18.0 Å². The molecule has 0 spiro atoms. The van der Waals surface area contributed by atoms with Crippen LogP contribution in [0.15, 0.2) is 33.2 Å². The van der Waals surface area contributed by atoms with E-state index >= 15 is 0 Å². The minimum absolute atomic E-state index is 0.202. The van der Waals surface area contributed by atoms with E-state index in [1.54, 1.807) is 5.38 Å². The minimum atomic E-state index is -4.63. The summed E-state index contributed by atoms with van der Waals surface area (Å²) in [6, 6.07) is 0.181. The number of halogens is 5. The van der Waals surface area contributed by atoms with Crippen molar-refractivity contribution in [2.45, 2.75) is 40.9 Å². The Kier molecular flexibility index (Phi) is 8.30. The molecule has 0 amide bonds. The zero-order valence-corrected chi connectivity index (χ0v) is 19.8. The third-order valence-electron chi connectivity index (χ3n) is 4.38. The quantitative estimate of drug-likeness (QED) is 0.351. The predicted octanol–water partition coefficient (Wildman–Crippen LogP) is 2.42. The highest BCUT2D eigenvalue weighted by molar-refractivity contribution is 9.10. The molecule has 0 radical (unpaired) electrons. The van der Waals surface area contributed by atoms with E-state index in [-0.39, 0.29) is 20.2 Å². The maximum Gasteiger partial charge on any atom is 0.434 e. The van der Waals surface area contributed by atoms with E-state index in [2.05, 4.69) is 31.2 Å². The number of nitrogens with two attached hydrogens (primary N) is 1. The number of aliphatic hydroxyl groups excluding tert-OH is 3. The number of ether oxygens (including phenoxy) is 1. The summed E-state index contributed by atoms with van der Waals surface area (Å²) in [6.07, 6.45) is -6.00. The van der Waals surface area contributed by atoms with Gasteiger partial charge in [0.2, 0.25) is 0 Å². The summed E-state index contributed by atoms with van der Waals surface area (Å²) in [5.74, 6) is 0. The molecule has 1 saturated heterocycles. The molecule has 5 atom stereocenters. The number of thioether (sulfide) groups is 1. The smallest absolute Gasteiger partial charge is 0.395 e. The van der Waals surface area contributed by atoms with Gasteiger partial charge in [-0.2, -0.15) is 13.2 Å². The molecule has 3 heterocycles. The molecule has 5 unspecified atom stereocenters. The van der Waals surface area contributed by atoms with E-state index in [4.69, 9.17) is 22.1 Å². The van der Waals surface area contributed by atoms with Crippen LogP contribution < -0.4 is 11.1 Å². The van der Waals surface area contributed by atoms with Crippen molar-refractivity contribution in [3.8, 4) is 0 Å². The van der Waals surface area contributed by atoms with E-state index in [0.29, 0.717) is 5.01 Å². The Morgan fingerprint density at radius 1 is 1.41 bits per heavy atom. The summed E-state index contributed by atoms with van der Waals surface area (Å²) >= 11 is 10.7. The molecular weight excluding hydrogens is 561 g/mol. The Balaban J connectivity index is 1.78. The second kappa shape index (κ2) is 10.4. The first kappa shape index (κ1) is 25.5. The average molecular weight is 578 g/mol. The molecule has 2 aromatic heterocycles. The van der Waals surface area contributed by atoms with Gasteiger partial charge in [0, 0.05) is 27.1 Å². The van der Waals surface area contributed by atoms with E-state index in [1.807, 2.05) is 0 Å². The first-order valence-electron chi connectivity index (χ1n) is 8.86. The first-order chi connectivity index (χ1) is 15.0. The molecule has 0 aliphatic carbocycles. The Bertz CT molecular complexity index is 984. The number of thiazole rings is 1. The summed E-state index contributed by atoms with van der Waals surface area (Å²) in [6.45, 7) is -0.556. The normalized spacial score (nSPS) is 26.9. The van der Waals surface area contributed by atoms with Crippen LogP contribution in [0.1, 0.15) is 10.7 Å². The van der Waals surface area contributed by atoms with Gasteiger partial charge in [0.25, 0.3) is 0 Å². The molecule has 1 fully saturated rings. The molecule has 1 aliphatic heterocycles. The summed E-state index contributed by atoms with van der Waals surface area (Å²) in [7, 11) is 0. The van der Waals surface area contributed by atoms with Gasteiger partial charge in [0.15, 0.2) is 5.69 Å². The van der Waals surface area contributed by atoms with Crippen LogP contribution in [0.2, 0.25) is 5.15 Å². The lowest BCUT2D eigenvalue weighted by molar-refractivity contribution is -0.164. The van der Waals surface area contributed by atoms with E-state index < -0.39 is 48.3 Å². The van der Waals surface area contributed by atoms with Crippen molar-refractivity contribution in [3.63, 3.8) is 0 Å². The summed E-state index contributed by atoms with van der Waals surface area (Å²) in [5.41, 5.74) is 4.02. The van der Waals surface area contributed by atoms with E-state index in [1.165, 1.54) is 23.6 Å². The molecule has 0 aromatic carbocycles. The van der Waals surface area contributed by atoms with Crippen molar-refractivity contribution in [3.05, 3.63) is 44.2 Å². The lowest BCUT2D eigenvalue weighted by atomic mass is 9.97. The van der Waals surface area contributed by atoms with Crippen LogP contribution in [0, 0.1) is 0 Å². The molecule has 1 aliphatic rings.